The molecule has 20 heavy (non-hydrogen) atoms. The molecule has 0 bridgehead atoms. The minimum absolute atomic E-state index is 0.214. The first-order valence-corrected chi connectivity index (χ1v) is 7.98. The van der Waals surface area contributed by atoms with Gasteiger partial charge in [-0.3, -0.25) is 4.90 Å². The van der Waals surface area contributed by atoms with Gasteiger partial charge in [-0.2, -0.15) is 13.2 Å². The standard InChI is InChI=1S/C15H29F3N2/c1-3-9-19-14(13-7-5-6-8-13)11-20(10-4-2)12-15(16,17)18/h13-14,19H,3-12H2,1-2H3. The van der Waals surface area contributed by atoms with Crippen LogP contribution in [0.1, 0.15) is 52.4 Å². The number of alkyl halides is 3. The number of nitrogens with one attached hydrogen (secondary N) is 1. The van der Waals surface area contributed by atoms with Gasteiger partial charge in [0, 0.05) is 12.6 Å². The Morgan fingerprint density at radius 2 is 1.80 bits per heavy atom. The number of rotatable bonds is 9. The molecular weight excluding hydrogens is 265 g/mol. The van der Waals surface area contributed by atoms with E-state index in [0.717, 1.165) is 32.2 Å². The molecule has 0 aliphatic heterocycles. The van der Waals surface area contributed by atoms with Crippen LogP contribution in [0.15, 0.2) is 0 Å². The van der Waals surface area contributed by atoms with Crippen LogP contribution in [0.4, 0.5) is 13.2 Å². The lowest BCUT2D eigenvalue weighted by molar-refractivity contribution is -0.147. The topological polar surface area (TPSA) is 15.3 Å². The van der Waals surface area contributed by atoms with Crippen molar-refractivity contribution in [2.45, 2.75) is 64.6 Å². The molecule has 0 saturated heterocycles. The monoisotopic (exact) mass is 294 g/mol. The van der Waals surface area contributed by atoms with Crippen LogP contribution < -0.4 is 5.32 Å². The smallest absolute Gasteiger partial charge is 0.312 e. The zero-order valence-electron chi connectivity index (χ0n) is 12.8. The molecule has 0 radical (unpaired) electrons. The molecule has 1 atom stereocenters. The van der Waals surface area contributed by atoms with Crippen molar-refractivity contribution in [1.82, 2.24) is 10.2 Å². The third kappa shape index (κ3) is 6.93. The van der Waals surface area contributed by atoms with Crippen LogP contribution in [0.3, 0.4) is 0 Å². The molecule has 2 nitrogen and oxygen atoms in total. The largest absolute Gasteiger partial charge is 0.401 e. The van der Waals surface area contributed by atoms with Gasteiger partial charge in [-0.1, -0.05) is 26.7 Å². The molecule has 0 aromatic rings. The van der Waals surface area contributed by atoms with Crippen LogP contribution in [-0.2, 0) is 0 Å². The zero-order chi connectivity index (χ0) is 15.0. The molecular formula is C15H29F3N2. The Hall–Kier alpha value is -0.290. The maximum absolute atomic E-state index is 12.6. The lowest BCUT2D eigenvalue weighted by Crippen LogP contribution is -2.48. The van der Waals surface area contributed by atoms with Crippen molar-refractivity contribution >= 4 is 0 Å². The van der Waals surface area contributed by atoms with Gasteiger partial charge in [0.25, 0.3) is 0 Å². The fourth-order valence-electron chi connectivity index (χ4n) is 3.15. The lowest BCUT2D eigenvalue weighted by atomic mass is 9.97. The zero-order valence-corrected chi connectivity index (χ0v) is 12.8. The van der Waals surface area contributed by atoms with Crippen molar-refractivity contribution in [2.75, 3.05) is 26.2 Å². The van der Waals surface area contributed by atoms with E-state index in [1.165, 1.54) is 12.8 Å². The highest BCUT2D eigenvalue weighted by Gasteiger charge is 2.33. The van der Waals surface area contributed by atoms with Crippen molar-refractivity contribution in [2.24, 2.45) is 5.92 Å². The van der Waals surface area contributed by atoms with Crippen LogP contribution >= 0.6 is 0 Å². The lowest BCUT2D eigenvalue weighted by Gasteiger charge is -2.32. The van der Waals surface area contributed by atoms with Crippen LogP contribution in [0.2, 0.25) is 0 Å². The average molecular weight is 294 g/mol. The summed E-state index contributed by atoms with van der Waals surface area (Å²) in [5.74, 6) is 0.550. The van der Waals surface area contributed by atoms with Gasteiger partial charge in [-0.25, -0.2) is 0 Å². The molecule has 0 spiro atoms. The fourth-order valence-corrected chi connectivity index (χ4v) is 3.15. The first-order chi connectivity index (χ1) is 9.46. The highest BCUT2D eigenvalue weighted by atomic mass is 19.4. The van der Waals surface area contributed by atoms with Crippen LogP contribution in [-0.4, -0.2) is 43.3 Å². The number of hydrogen-bond acceptors (Lipinski definition) is 2. The Balaban J connectivity index is 2.57. The van der Waals surface area contributed by atoms with E-state index in [9.17, 15) is 13.2 Å². The summed E-state index contributed by atoms with van der Waals surface area (Å²) in [6.45, 7) is 5.20. The Morgan fingerprint density at radius 3 is 2.30 bits per heavy atom. The Kier molecular flexibility index (Phi) is 7.88. The van der Waals surface area contributed by atoms with Gasteiger partial charge in [0.1, 0.15) is 0 Å². The van der Waals surface area contributed by atoms with Gasteiger partial charge in [0.05, 0.1) is 6.54 Å². The molecule has 1 saturated carbocycles. The molecule has 1 N–H and O–H groups in total. The average Bonchev–Trinajstić information content (AvgIpc) is 2.86. The predicted octanol–water partition coefficient (Wildman–Crippen LogP) is 3.82. The second-order valence-corrected chi connectivity index (χ2v) is 5.96. The van der Waals surface area contributed by atoms with E-state index in [2.05, 4.69) is 12.2 Å². The van der Waals surface area contributed by atoms with Gasteiger partial charge in [0.15, 0.2) is 0 Å². The van der Waals surface area contributed by atoms with Gasteiger partial charge in [-0.05, 0) is 44.7 Å². The predicted molar refractivity (Wildman–Crippen MR) is 76.8 cm³/mol. The quantitative estimate of drug-likeness (QED) is 0.695. The number of nitrogens with zero attached hydrogens (tertiary/aromatic N) is 1. The minimum atomic E-state index is -4.10. The summed E-state index contributed by atoms with van der Waals surface area (Å²) in [5, 5.41) is 3.48. The van der Waals surface area contributed by atoms with E-state index < -0.39 is 12.7 Å². The minimum Gasteiger partial charge on any atom is -0.312 e. The van der Waals surface area contributed by atoms with E-state index in [1.54, 1.807) is 4.90 Å². The van der Waals surface area contributed by atoms with Crippen molar-refractivity contribution in [3.8, 4) is 0 Å². The molecule has 0 aromatic heterocycles. The highest BCUT2D eigenvalue weighted by Crippen LogP contribution is 2.28. The van der Waals surface area contributed by atoms with Crippen LogP contribution in [0.5, 0.6) is 0 Å². The van der Waals surface area contributed by atoms with Crippen LogP contribution in [0.25, 0.3) is 0 Å². The van der Waals surface area contributed by atoms with Crippen molar-refractivity contribution in [3.05, 3.63) is 0 Å². The third-order valence-electron chi connectivity index (χ3n) is 4.02. The highest BCUT2D eigenvalue weighted by molar-refractivity contribution is 4.83. The second kappa shape index (κ2) is 8.88. The SMILES string of the molecule is CCCNC(CN(CCC)CC(F)(F)F)C1CCCC1. The van der Waals surface area contributed by atoms with E-state index in [1.807, 2.05) is 6.92 Å². The van der Waals surface area contributed by atoms with Crippen molar-refractivity contribution in [3.63, 3.8) is 0 Å². The molecule has 5 heteroatoms. The second-order valence-electron chi connectivity index (χ2n) is 5.96. The van der Waals surface area contributed by atoms with E-state index >= 15 is 0 Å². The molecule has 1 aliphatic carbocycles. The first-order valence-electron chi connectivity index (χ1n) is 7.98. The fraction of sp³-hybridized carbons (Fsp3) is 1.00. The normalized spacial score (nSPS) is 18.9. The Morgan fingerprint density at radius 1 is 1.15 bits per heavy atom. The molecule has 0 heterocycles. The Bertz CT molecular complexity index is 250. The molecule has 0 aromatic carbocycles. The summed E-state index contributed by atoms with van der Waals surface area (Å²) in [6.07, 6.45) is 2.46. The molecule has 0 amide bonds. The van der Waals surface area contributed by atoms with Crippen molar-refractivity contribution in [1.29, 1.82) is 0 Å². The summed E-state index contributed by atoms with van der Waals surface area (Å²) in [7, 11) is 0. The van der Waals surface area contributed by atoms with E-state index in [-0.39, 0.29) is 6.04 Å². The van der Waals surface area contributed by atoms with E-state index in [0.29, 0.717) is 19.0 Å². The van der Waals surface area contributed by atoms with E-state index in [4.69, 9.17) is 0 Å². The maximum atomic E-state index is 12.6. The summed E-state index contributed by atoms with van der Waals surface area (Å²) >= 11 is 0. The number of halogens is 3. The molecule has 1 fully saturated rings. The summed E-state index contributed by atoms with van der Waals surface area (Å²) in [5.41, 5.74) is 0. The van der Waals surface area contributed by atoms with Gasteiger partial charge in [-0.15, -0.1) is 0 Å². The summed E-state index contributed by atoms with van der Waals surface area (Å²) < 4.78 is 37.9. The molecule has 1 unspecified atom stereocenters. The summed E-state index contributed by atoms with van der Waals surface area (Å²) in [6, 6.07) is 0.214. The molecule has 1 rings (SSSR count). The number of hydrogen-bond donors (Lipinski definition) is 1. The van der Waals surface area contributed by atoms with Gasteiger partial charge < -0.3 is 5.32 Å². The molecule has 1 aliphatic rings. The van der Waals surface area contributed by atoms with Crippen molar-refractivity contribution < 1.29 is 13.2 Å². The third-order valence-corrected chi connectivity index (χ3v) is 4.02. The first kappa shape index (κ1) is 17.8. The van der Waals surface area contributed by atoms with Crippen LogP contribution in [0, 0.1) is 5.92 Å². The van der Waals surface area contributed by atoms with Gasteiger partial charge >= 0.3 is 6.18 Å². The summed E-state index contributed by atoms with van der Waals surface area (Å²) in [4.78, 5) is 1.58. The molecule has 120 valence electrons. The van der Waals surface area contributed by atoms with Gasteiger partial charge in [0.2, 0.25) is 0 Å². The maximum Gasteiger partial charge on any atom is 0.401 e. The Labute approximate surface area is 121 Å².